The number of nitrogens with two attached hydrogens (primary N) is 1. The maximum atomic E-state index is 10.9. The van der Waals surface area contributed by atoms with Crippen LogP contribution in [0.3, 0.4) is 0 Å². The molecule has 0 heterocycles. The Hall–Kier alpha value is -1.07. The van der Waals surface area contributed by atoms with Crippen LogP contribution in [-0.4, -0.2) is 27.0 Å². The number of hydrogen-bond acceptors (Lipinski definition) is 4. The zero-order chi connectivity index (χ0) is 12.0. The van der Waals surface area contributed by atoms with Crippen molar-refractivity contribution in [1.29, 1.82) is 0 Å². The Balaban J connectivity index is 2.32. The highest BCUT2D eigenvalue weighted by Crippen LogP contribution is 2.11. The van der Waals surface area contributed by atoms with Gasteiger partial charge in [-0.15, -0.1) is 0 Å². The van der Waals surface area contributed by atoms with Crippen molar-refractivity contribution in [3.8, 4) is 5.75 Å². The topological polar surface area (TPSA) is 69.4 Å². The van der Waals surface area contributed by atoms with Crippen molar-refractivity contribution >= 4 is 9.84 Å². The fourth-order valence-corrected chi connectivity index (χ4v) is 1.88. The van der Waals surface area contributed by atoms with Crippen LogP contribution >= 0.6 is 0 Å². The second-order valence-corrected chi connectivity index (χ2v) is 5.94. The lowest BCUT2D eigenvalue weighted by molar-refractivity contribution is 0.317. The van der Waals surface area contributed by atoms with Gasteiger partial charge in [0.2, 0.25) is 0 Å². The van der Waals surface area contributed by atoms with Crippen LogP contribution in [0.1, 0.15) is 12.0 Å². The van der Waals surface area contributed by atoms with E-state index in [1.54, 1.807) is 0 Å². The van der Waals surface area contributed by atoms with Gasteiger partial charge in [0.1, 0.15) is 15.6 Å². The lowest BCUT2D eigenvalue weighted by Gasteiger charge is -2.06. The van der Waals surface area contributed by atoms with Crippen LogP contribution in [0, 0.1) is 0 Å². The molecule has 0 fully saturated rings. The molecule has 90 valence electrons. The van der Waals surface area contributed by atoms with Gasteiger partial charge in [-0.05, 0) is 24.1 Å². The van der Waals surface area contributed by atoms with Gasteiger partial charge in [0.05, 0.1) is 12.4 Å². The molecule has 0 radical (unpaired) electrons. The first-order valence-corrected chi connectivity index (χ1v) is 7.17. The van der Waals surface area contributed by atoms with Crippen molar-refractivity contribution in [3.63, 3.8) is 0 Å². The van der Waals surface area contributed by atoms with Crippen LogP contribution in [0.15, 0.2) is 24.3 Å². The van der Waals surface area contributed by atoms with Crippen LogP contribution in [0.25, 0.3) is 0 Å². The van der Waals surface area contributed by atoms with Crippen LogP contribution in [-0.2, 0) is 16.4 Å². The lowest BCUT2D eigenvalue weighted by Crippen LogP contribution is -2.08. The molecule has 0 bridgehead atoms. The van der Waals surface area contributed by atoms with Gasteiger partial charge in [-0.3, -0.25) is 0 Å². The zero-order valence-corrected chi connectivity index (χ0v) is 10.2. The van der Waals surface area contributed by atoms with Gasteiger partial charge in [-0.25, -0.2) is 8.42 Å². The summed E-state index contributed by atoms with van der Waals surface area (Å²) in [5.41, 5.74) is 6.51. The van der Waals surface area contributed by atoms with Crippen molar-refractivity contribution in [2.75, 3.05) is 18.6 Å². The maximum absolute atomic E-state index is 10.9. The first-order valence-electron chi connectivity index (χ1n) is 5.11. The van der Waals surface area contributed by atoms with Crippen LogP contribution in [0.4, 0.5) is 0 Å². The molecule has 4 nitrogen and oxygen atoms in total. The van der Waals surface area contributed by atoms with E-state index < -0.39 is 9.84 Å². The molecule has 0 amide bonds. The Bertz CT molecular complexity index is 411. The molecule has 0 aliphatic heterocycles. The summed E-state index contributed by atoms with van der Waals surface area (Å²) in [5.74, 6) is 0.902. The molecule has 2 N–H and O–H groups in total. The van der Waals surface area contributed by atoms with Gasteiger partial charge in [0, 0.05) is 12.8 Å². The average molecular weight is 243 g/mol. The minimum Gasteiger partial charge on any atom is -0.494 e. The van der Waals surface area contributed by atoms with Crippen molar-refractivity contribution in [2.24, 2.45) is 5.73 Å². The van der Waals surface area contributed by atoms with Crippen LogP contribution in [0.5, 0.6) is 5.75 Å². The number of ether oxygens (including phenoxy) is 1. The molecule has 0 saturated heterocycles. The monoisotopic (exact) mass is 243 g/mol. The molecule has 0 unspecified atom stereocenters. The van der Waals surface area contributed by atoms with Crippen LogP contribution in [0.2, 0.25) is 0 Å². The Morgan fingerprint density at radius 2 is 1.88 bits per heavy atom. The minimum absolute atomic E-state index is 0.161. The molecule has 5 heteroatoms. The summed E-state index contributed by atoms with van der Waals surface area (Å²) in [6.45, 7) is 0.920. The molecule has 0 aliphatic carbocycles. The van der Waals surface area contributed by atoms with E-state index >= 15 is 0 Å². The van der Waals surface area contributed by atoms with E-state index in [1.807, 2.05) is 24.3 Å². The fraction of sp³-hybridized carbons (Fsp3) is 0.455. The SMILES string of the molecule is CS(=O)(=O)CCCOc1ccc(CN)cc1. The Kier molecular flexibility index (Phi) is 4.76. The van der Waals surface area contributed by atoms with Crippen molar-refractivity contribution < 1.29 is 13.2 Å². The molecule has 0 spiro atoms. The smallest absolute Gasteiger partial charge is 0.147 e. The molecule has 0 aliphatic rings. The van der Waals surface area contributed by atoms with E-state index in [0.29, 0.717) is 19.6 Å². The van der Waals surface area contributed by atoms with Crippen molar-refractivity contribution in [3.05, 3.63) is 29.8 Å². The number of sulfone groups is 1. The molecule has 1 aromatic carbocycles. The summed E-state index contributed by atoms with van der Waals surface area (Å²) in [6, 6.07) is 7.46. The van der Waals surface area contributed by atoms with Gasteiger partial charge in [-0.2, -0.15) is 0 Å². The normalized spacial score (nSPS) is 11.4. The summed E-state index contributed by atoms with van der Waals surface area (Å²) >= 11 is 0. The van der Waals surface area contributed by atoms with Crippen molar-refractivity contribution in [1.82, 2.24) is 0 Å². The summed E-state index contributed by atoms with van der Waals surface area (Å²) in [7, 11) is -2.89. The average Bonchev–Trinajstić information content (AvgIpc) is 2.24. The van der Waals surface area contributed by atoms with E-state index in [-0.39, 0.29) is 5.75 Å². The predicted octanol–water partition coefficient (Wildman–Crippen LogP) is 0.959. The number of benzene rings is 1. The third kappa shape index (κ3) is 5.14. The largest absolute Gasteiger partial charge is 0.494 e. The van der Waals surface area contributed by atoms with Crippen LogP contribution < -0.4 is 10.5 Å². The molecular weight excluding hydrogens is 226 g/mol. The molecule has 0 saturated carbocycles. The molecule has 0 aromatic heterocycles. The Morgan fingerprint density at radius 3 is 2.38 bits per heavy atom. The minimum atomic E-state index is -2.89. The third-order valence-electron chi connectivity index (χ3n) is 2.09. The summed E-state index contributed by atoms with van der Waals surface area (Å²) in [5, 5.41) is 0. The third-order valence-corrected chi connectivity index (χ3v) is 3.12. The molecular formula is C11H17NO3S. The fourth-order valence-electron chi connectivity index (χ4n) is 1.23. The van der Waals surface area contributed by atoms with Gasteiger partial charge in [0.15, 0.2) is 0 Å². The quantitative estimate of drug-likeness (QED) is 0.755. The van der Waals surface area contributed by atoms with E-state index in [2.05, 4.69) is 0 Å². The maximum Gasteiger partial charge on any atom is 0.147 e. The van der Waals surface area contributed by atoms with Crippen molar-refractivity contribution in [2.45, 2.75) is 13.0 Å². The Morgan fingerprint density at radius 1 is 1.25 bits per heavy atom. The summed E-state index contributed by atoms with van der Waals surface area (Å²) in [6.07, 6.45) is 1.74. The predicted molar refractivity (Wildman–Crippen MR) is 64.2 cm³/mol. The number of hydrogen-bond donors (Lipinski definition) is 1. The van der Waals surface area contributed by atoms with Gasteiger partial charge in [0.25, 0.3) is 0 Å². The van der Waals surface area contributed by atoms with E-state index in [4.69, 9.17) is 10.5 Å². The lowest BCUT2D eigenvalue weighted by atomic mass is 10.2. The summed E-state index contributed by atoms with van der Waals surface area (Å²) in [4.78, 5) is 0. The van der Waals surface area contributed by atoms with E-state index in [9.17, 15) is 8.42 Å². The molecule has 1 rings (SSSR count). The van der Waals surface area contributed by atoms with E-state index in [0.717, 1.165) is 11.3 Å². The highest BCUT2D eigenvalue weighted by atomic mass is 32.2. The molecule has 0 atom stereocenters. The zero-order valence-electron chi connectivity index (χ0n) is 9.35. The second kappa shape index (κ2) is 5.86. The standard InChI is InChI=1S/C11H17NO3S/c1-16(13,14)8-2-7-15-11-5-3-10(9-12)4-6-11/h3-6H,2,7-9,12H2,1H3. The first kappa shape index (κ1) is 13.0. The highest BCUT2D eigenvalue weighted by Gasteiger charge is 2.01. The van der Waals surface area contributed by atoms with Gasteiger partial charge >= 0.3 is 0 Å². The number of rotatable bonds is 6. The first-order chi connectivity index (χ1) is 7.51. The highest BCUT2D eigenvalue weighted by molar-refractivity contribution is 7.90. The second-order valence-electron chi connectivity index (χ2n) is 3.68. The van der Waals surface area contributed by atoms with Gasteiger partial charge in [-0.1, -0.05) is 12.1 Å². The summed E-state index contributed by atoms with van der Waals surface area (Å²) < 4.78 is 27.1. The molecule has 16 heavy (non-hydrogen) atoms. The van der Waals surface area contributed by atoms with E-state index in [1.165, 1.54) is 6.26 Å². The Labute approximate surface area is 96.3 Å². The van der Waals surface area contributed by atoms with Gasteiger partial charge < -0.3 is 10.5 Å². The molecule has 1 aromatic rings.